The summed E-state index contributed by atoms with van der Waals surface area (Å²) < 4.78 is 0. The molecule has 176 valence electrons. The zero-order chi connectivity index (χ0) is 23.6. The summed E-state index contributed by atoms with van der Waals surface area (Å²) in [5.41, 5.74) is 0.301. The third-order valence-corrected chi connectivity index (χ3v) is 6.12. The summed E-state index contributed by atoms with van der Waals surface area (Å²) in [7, 11) is 0. The van der Waals surface area contributed by atoms with Crippen LogP contribution in [0.5, 0.6) is 0 Å². The van der Waals surface area contributed by atoms with Gasteiger partial charge in [-0.2, -0.15) is 0 Å². The monoisotopic (exact) mass is 441 g/mol. The Bertz CT molecular complexity index is 838. The van der Waals surface area contributed by atoms with Crippen molar-refractivity contribution in [2.45, 2.75) is 91.4 Å². The van der Waals surface area contributed by atoms with Gasteiger partial charge in [-0.25, -0.2) is 0 Å². The fraction of sp³-hybridized carbons (Fsp3) is 0.593. The van der Waals surface area contributed by atoms with Crippen LogP contribution in [0, 0.1) is 5.41 Å². The van der Waals surface area contributed by atoms with Crippen LogP contribution in [0.25, 0.3) is 5.76 Å². The Labute approximate surface area is 192 Å². The Morgan fingerprint density at radius 2 is 1.44 bits per heavy atom. The molecule has 0 radical (unpaired) electrons. The van der Waals surface area contributed by atoms with Crippen molar-refractivity contribution in [3.63, 3.8) is 0 Å². The van der Waals surface area contributed by atoms with E-state index in [1.165, 1.54) is 44.9 Å². The molecule has 5 nitrogen and oxygen atoms in total. The van der Waals surface area contributed by atoms with Gasteiger partial charge in [-0.15, -0.1) is 0 Å². The van der Waals surface area contributed by atoms with E-state index < -0.39 is 17.0 Å². The van der Waals surface area contributed by atoms with E-state index in [0.29, 0.717) is 18.5 Å². The van der Waals surface area contributed by atoms with Crippen molar-refractivity contribution in [2.75, 3.05) is 6.54 Å². The highest BCUT2D eigenvalue weighted by molar-refractivity contribution is 6.52. The summed E-state index contributed by atoms with van der Waals surface area (Å²) in [4.78, 5) is 37.2. The molecule has 5 heteroatoms. The van der Waals surface area contributed by atoms with Crippen LogP contribution in [0.2, 0.25) is 0 Å². The minimum atomic E-state index is -0.657. The van der Waals surface area contributed by atoms with Crippen LogP contribution in [0.3, 0.4) is 0 Å². The summed E-state index contributed by atoms with van der Waals surface area (Å²) in [6.45, 7) is 6.45. The molecular formula is C27H39NO4. The van der Waals surface area contributed by atoms with Gasteiger partial charge in [0.05, 0.1) is 0 Å². The number of amides is 1. The molecule has 1 aromatic carbocycles. The van der Waals surface area contributed by atoms with E-state index in [4.69, 9.17) is 0 Å². The van der Waals surface area contributed by atoms with Gasteiger partial charge in [0.25, 0.3) is 0 Å². The Morgan fingerprint density at radius 1 is 0.875 bits per heavy atom. The van der Waals surface area contributed by atoms with E-state index >= 15 is 0 Å². The second-order valence-electron chi connectivity index (χ2n) is 9.73. The molecule has 0 saturated carbocycles. The standard InChI is InChI=1S/C27H39NO4/c1-4-5-6-7-8-9-10-11-12-17-23(29)28-19-27(2,3)18-22-24(30)20-15-13-14-16-21(20)25(31)26(22)32/h13-16,30H,4-12,17-19H2,1-3H3,(H,28,29). The number of unbranched alkanes of at least 4 members (excludes halogenated alkanes) is 8. The van der Waals surface area contributed by atoms with Gasteiger partial charge < -0.3 is 10.4 Å². The van der Waals surface area contributed by atoms with Gasteiger partial charge in [0.15, 0.2) is 0 Å². The smallest absolute Gasteiger partial charge is 0.234 e. The van der Waals surface area contributed by atoms with E-state index in [2.05, 4.69) is 12.2 Å². The third kappa shape index (κ3) is 7.61. The number of ketones is 2. The molecular weight excluding hydrogens is 402 g/mol. The van der Waals surface area contributed by atoms with Crippen molar-refractivity contribution < 1.29 is 19.5 Å². The Hall–Kier alpha value is -2.43. The predicted octanol–water partition coefficient (Wildman–Crippen LogP) is 6.17. The molecule has 1 aromatic rings. The highest BCUT2D eigenvalue weighted by Gasteiger charge is 2.35. The number of hydrogen-bond acceptors (Lipinski definition) is 4. The van der Waals surface area contributed by atoms with Gasteiger partial charge >= 0.3 is 0 Å². The largest absolute Gasteiger partial charge is 0.507 e. The van der Waals surface area contributed by atoms with Crippen LogP contribution in [-0.2, 0) is 9.59 Å². The number of aliphatic hydroxyl groups is 1. The molecule has 1 amide bonds. The van der Waals surface area contributed by atoms with Crippen LogP contribution < -0.4 is 5.32 Å². The van der Waals surface area contributed by atoms with Crippen LogP contribution in [0.15, 0.2) is 29.8 Å². The van der Waals surface area contributed by atoms with E-state index in [-0.39, 0.29) is 29.2 Å². The maximum atomic E-state index is 12.6. The summed E-state index contributed by atoms with van der Waals surface area (Å²) in [5.74, 6) is -1.36. The van der Waals surface area contributed by atoms with Gasteiger partial charge in [0.2, 0.25) is 17.5 Å². The van der Waals surface area contributed by atoms with Crippen LogP contribution in [-0.4, -0.2) is 29.1 Å². The quantitative estimate of drug-likeness (QED) is 0.267. The first-order chi connectivity index (χ1) is 15.3. The zero-order valence-corrected chi connectivity index (χ0v) is 20.0. The lowest BCUT2D eigenvalue weighted by molar-refractivity contribution is -0.121. The number of benzene rings is 1. The number of rotatable bonds is 14. The first-order valence-corrected chi connectivity index (χ1v) is 12.1. The van der Waals surface area contributed by atoms with Gasteiger partial charge in [0.1, 0.15) is 5.76 Å². The van der Waals surface area contributed by atoms with E-state index in [0.717, 1.165) is 12.8 Å². The van der Waals surface area contributed by atoms with Crippen molar-refractivity contribution in [3.05, 3.63) is 41.0 Å². The minimum absolute atomic E-state index is 0.00983. The minimum Gasteiger partial charge on any atom is -0.507 e. The first-order valence-electron chi connectivity index (χ1n) is 12.1. The van der Waals surface area contributed by atoms with E-state index in [1.807, 2.05) is 13.8 Å². The normalized spacial score (nSPS) is 14.0. The highest BCUT2D eigenvalue weighted by atomic mass is 16.3. The number of hydrogen-bond donors (Lipinski definition) is 2. The number of Topliss-reactive ketones (excluding diaryl/α,β-unsaturated/α-hetero) is 2. The number of allylic oxidation sites excluding steroid dienone is 1. The molecule has 32 heavy (non-hydrogen) atoms. The second-order valence-corrected chi connectivity index (χ2v) is 9.73. The fourth-order valence-electron chi connectivity index (χ4n) is 4.14. The third-order valence-electron chi connectivity index (χ3n) is 6.12. The lowest BCUT2D eigenvalue weighted by atomic mass is 9.79. The number of carbonyl (C=O) groups is 3. The zero-order valence-electron chi connectivity index (χ0n) is 20.0. The average molecular weight is 442 g/mol. The molecule has 0 bridgehead atoms. The number of carbonyl (C=O) groups excluding carboxylic acids is 3. The molecule has 0 unspecified atom stereocenters. The predicted molar refractivity (Wildman–Crippen MR) is 129 cm³/mol. The maximum Gasteiger partial charge on any atom is 0.234 e. The Morgan fingerprint density at radius 3 is 2.06 bits per heavy atom. The van der Waals surface area contributed by atoms with Crippen molar-refractivity contribution in [3.8, 4) is 0 Å². The lowest BCUT2D eigenvalue weighted by Crippen LogP contribution is -2.36. The summed E-state index contributed by atoms with van der Waals surface area (Å²) >= 11 is 0. The lowest BCUT2D eigenvalue weighted by Gasteiger charge is -2.28. The molecule has 2 rings (SSSR count). The molecule has 0 saturated heterocycles. The van der Waals surface area contributed by atoms with Crippen molar-refractivity contribution in [2.24, 2.45) is 5.41 Å². The molecule has 0 fully saturated rings. The van der Waals surface area contributed by atoms with Crippen molar-refractivity contribution in [1.82, 2.24) is 5.32 Å². The van der Waals surface area contributed by atoms with Gasteiger partial charge in [0, 0.05) is 29.7 Å². The van der Waals surface area contributed by atoms with E-state index in [1.54, 1.807) is 24.3 Å². The van der Waals surface area contributed by atoms with Crippen molar-refractivity contribution in [1.29, 1.82) is 0 Å². The molecule has 1 aliphatic rings. The molecule has 0 aromatic heterocycles. The van der Waals surface area contributed by atoms with Gasteiger partial charge in [-0.05, 0) is 18.3 Å². The summed E-state index contributed by atoms with van der Waals surface area (Å²) in [5, 5.41) is 13.6. The number of nitrogens with one attached hydrogen (secondary N) is 1. The maximum absolute atomic E-state index is 12.6. The highest BCUT2D eigenvalue weighted by Crippen LogP contribution is 2.34. The second kappa shape index (κ2) is 12.6. The molecule has 0 heterocycles. The topological polar surface area (TPSA) is 83.5 Å². The molecule has 0 spiro atoms. The van der Waals surface area contributed by atoms with E-state index in [9.17, 15) is 19.5 Å². The Balaban J connectivity index is 1.76. The van der Waals surface area contributed by atoms with Crippen LogP contribution in [0.1, 0.15) is 107 Å². The molecule has 0 atom stereocenters. The fourth-order valence-corrected chi connectivity index (χ4v) is 4.14. The number of aliphatic hydroxyl groups excluding tert-OH is 1. The first kappa shape index (κ1) is 25.8. The molecule has 1 aliphatic carbocycles. The summed E-state index contributed by atoms with van der Waals surface area (Å²) in [6, 6.07) is 6.61. The van der Waals surface area contributed by atoms with Crippen molar-refractivity contribution >= 4 is 23.2 Å². The van der Waals surface area contributed by atoms with Gasteiger partial charge in [-0.3, -0.25) is 14.4 Å². The summed E-state index contributed by atoms with van der Waals surface area (Å²) in [6.07, 6.45) is 11.6. The average Bonchev–Trinajstić information content (AvgIpc) is 2.78. The molecule has 2 N–H and O–H groups in total. The Kier molecular flexibility index (Phi) is 10.1. The SMILES string of the molecule is CCCCCCCCCCCC(=O)NCC(C)(C)CC1=C(O)c2ccccc2C(=O)C1=O. The van der Waals surface area contributed by atoms with Crippen LogP contribution >= 0.6 is 0 Å². The van der Waals surface area contributed by atoms with Crippen LogP contribution in [0.4, 0.5) is 0 Å². The van der Waals surface area contributed by atoms with Gasteiger partial charge in [-0.1, -0.05) is 96.4 Å². The number of fused-ring (bicyclic) bond motifs is 1. The molecule has 0 aliphatic heterocycles.